The molecule has 0 aliphatic heterocycles. The van der Waals surface area contributed by atoms with E-state index in [0.717, 1.165) is 0 Å². The molecular formula is C15H20ClNO3. The van der Waals surface area contributed by atoms with E-state index in [1.165, 1.54) is 0 Å². The van der Waals surface area contributed by atoms with Crippen molar-refractivity contribution in [2.45, 2.75) is 39.2 Å². The lowest BCUT2D eigenvalue weighted by Gasteiger charge is -2.19. The SMILES string of the molecule is CC(C)(C)OC(=O)NCCCC(=O)c1ccccc1Cl. The van der Waals surface area contributed by atoms with E-state index in [4.69, 9.17) is 16.3 Å². The number of hydrogen-bond donors (Lipinski definition) is 1. The van der Waals surface area contributed by atoms with Gasteiger partial charge >= 0.3 is 6.09 Å². The van der Waals surface area contributed by atoms with Crippen molar-refractivity contribution in [2.75, 3.05) is 6.54 Å². The fourth-order valence-corrected chi connectivity index (χ4v) is 1.82. The molecular weight excluding hydrogens is 278 g/mol. The van der Waals surface area contributed by atoms with E-state index in [2.05, 4.69) is 5.32 Å². The predicted molar refractivity (Wildman–Crippen MR) is 79.3 cm³/mol. The number of nitrogens with one attached hydrogen (secondary N) is 1. The highest BCUT2D eigenvalue weighted by Crippen LogP contribution is 2.17. The van der Waals surface area contributed by atoms with Crippen LogP contribution in [0.1, 0.15) is 44.0 Å². The quantitative estimate of drug-likeness (QED) is 0.664. The van der Waals surface area contributed by atoms with Crippen molar-refractivity contribution >= 4 is 23.5 Å². The summed E-state index contributed by atoms with van der Waals surface area (Å²) in [5.41, 5.74) is 0.00344. The van der Waals surface area contributed by atoms with Gasteiger partial charge in [0.05, 0.1) is 5.02 Å². The van der Waals surface area contributed by atoms with Crippen LogP contribution in [0.15, 0.2) is 24.3 Å². The predicted octanol–water partition coefficient (Wildman–Crippen LogP) is 3.83. The molecule has 0 aromatic heterocycles. The highest BCUT2D eigenvalue weighted by molar-refractivity contribution is 6.33. The number of alkyl carbamates (subject to hydrolysis) is 1. The number of rotatable bonds is 5. The van der Waals surface area contributed by atoms with Gasteiger partial charge < -0.3 is 10.1 Å². The third-order valence-corrected chi connectivity index (χ3v) is 2.75. The molecule has 1 aromatic carbocycles. The van der Waals surface area contributed by atoms with Gasteiger partial charge in [-0.1, -0.05) is 23.7 Å². The number of ketones is 1. The smallest absolute Gasteiger partial charge is 0.407 e. The zero-order valence-electron chi connectivity index (χ0n) is 12.0. The Morgan fingerprint density at radius 1 is 1.25 bits per heavy atom. The van der Waals surface area contributed by atoms with Crippen molar-refractivity contribution in [3.8, 4) is 0 Å². The molecule has 0 aliphatic rings. The Morgan fingerprint density at radius 3 is 2.50 bits per heavy atom. The Balaban J connectivity index is 2.30. The van der Waals surface area contributed by atoms with Gasteiger partial charge in [0.1, 0.15) is 5.60 Å². The first-order valence-corrected chi connectivity index (χ1v) is 6.92. The molecule has 110 valence electrons. The first-order valence-electron chi connectivity index (χ1n) is 6.54. The maximum absolute atomic E-state index is 11.9. The number of carbonyl (C=O) groups is 2. The number of amides is 1. The van der Waals surface area contributed by atoms with Gasteiger partial charge in [-0.3, -0.25) is 4.79 Å². The molecule has 1 rings (SSSR count). The van der Waals surface area contributed by atoms with Crippen LogP contribution in [-0.4, -0.2) is 24.0 Å². The zero-order valence-corrected chi connectivity index (χ0v) is 12.8. The zero-order chi connectivity index (χ0) is 15.2. The van der Waals surface area contributed by atoms with E-state index < -0.39 is 11.7 Å². The molecule has 1 aromatic rings. The summed E-state index contributed by atoms with van der Waals surface area (Å²) >= 11 is 5.94. The van der Waals surface area contributed by atoms with Crippen LogP contribution in [0.5, 0.6) is 0 Å². The van der Waals surface area contributed by atoms with Crippen LogP contribution in [0, 0.1) is 0 Å². The fraction of sp³-hybridized carbons (Fsp3) is 0.467. The van der Waals surface area contributed by atoms with Gasteiger partial charge in [-0.15, -0.1) is 0 Å². The summed E-state index contributed by atoms with van der Waals surface area (Å²) in [6, 6.07) is 6.95. The molecule has 0 saturated heterocycles. The second-order valence-electron chi connectivity index (χ2n) is 5.44. The largest absolute Gasteiger partial charge is 0.444 e. The van der Waals surface area contributed by atoms with Crippen molar-refractivity contribution in [1.82, 2.24) is 5.32 Å². The lowest BCUT2D eigenvalue weighted by molar-refractivity contribution is 0.0525. The summed E-state index contributed by atoms with van der Waals surface area (Å²) < 4.78 is 5.09. The first kappa shape index (κ1) is 16.5. The molecule has 4 nitrogen and oxygen atoms in total. The monoisotopic (exact) mass is 297 g/mol. The summed E-state index contributed by atoms with van der Waals surface area (Å²) in [5, 5.41) is 3.07. The number of Topliss-reactive ketones (excluding diaryl/α,β-unsaturated/α-hetero) is 1. The van der Waals surface area contributed by atoms with Gasteiger partial charge in [-0.05, 0) is 39.3 Å². The van der Waals surface area contributed by atoms with E-state index in [9.17, 15) is 9.59 Å². The average Bonchev–Trinajstić information content (AvgIpc) is 2.33. The Hall–Kier alpha value is -1.55. The van der Waals surface area contributed by atoms with E-state index in [0.29, 0.717) is 30.0 Å². The molecule has 0 unspecified atom stereocenters. The van der Waals surface area contributed by atoms with Crippen molar-refractivity contribution < 1.29 is 14.3 Å². The molecule has 20 heavy (non-hydrogen) atoms. The van der Waals surface area contributed by atoms with E-state index in [-0.39, 0.29) is 5.78 Å². The van der Waals surface area contributed by atoms with Crippen molar-refractivity contribution in [2.24, 2.45) is 0 Å². The molecule has 5 heteroatoms. The standard InChI is InChI=1S/C15H20ClNO3/c1-15(2,3)20-14(19)17-10-6-9-13(18)11-7-4-5-8-12(11)16/h4-5,7-8H,6,9-10H2,1-3H3,(H,17,19). The number of benzene rings is 1. The molecule has 0 spiro atoms. The average molecular weight is 298 g/mol. The molecule has 0 aliphatic carbocycles. The van der Waals surface area contributed by atoms with E-state index >= 15 is 0 Å². The molecule has 0 heterocycles. The Morgan fingerprint density at radius 2 is 1.90 bits per heavy atom. The van der Waals surface area contributed by atoms with Crippen molar-refractivity contribution in [3.05, 3.63) is 34.9 Å². The highest BCUT2D eigenvalue weighted by atomic mass is 35.5. The van der Waals surface area contributed by atoms with Gasteiger partial charge in [0.25, 0.3) is 0 Å². The lowest BCUT2D eigenvalue weighted by atomic mass is 10.1. The third-order valence-electron chi connectivity index (χ3n) is 2.42. The maximum atomic E-state index is 11.9. The third kappa shape index (κ3) is 6.06. The van der Waals surface area contributed by atoms with Gasteiger partial charge in [0.2, 0.25) is 0 Å². The summed E-state index contributed by atoms with van der Waals surface area (Å²) in [5.74, 6) is -0.0263. The molecule has 1 N–H and O–H groups in total. The molecule has 0 atom stereocenters. The minimum absolute atomic E-state index is 0.0263. The van der Waals surface area contributed by atoms with Crippen molar-refractivity contribution in [1.29, 1.82) is 0 Å². The Labute approximate surface area is 124 Å². The highest BCUT2D eigenvalue weighted by Gasteiger charge is 2.15. The van der Waals surface area contributed by atoms with Gasteiger partial charge in [-0.2, -0.15) is 0 Å². The topological polar surface area (TPSA) is 55.4 Å². The molecule has 0 bridgehead atoms. The number of ether oxygens (including phenoxy) is 1. The first-order chi connectivity index (χ1) is 9.29. The van der Waals surface area contributed by atoms with Gasteiger partial charge in [-0.25, -0.2) is 4.79 Å². The molecule has 1 amide bonds. The fourth-order valence-electron chi connectivity index (χ4n) is 1.58. The van der Waals surface area contributed by atoms with Crippen LogP contribution in [0.25, 0.3) is 0 Å². The number of hydrogen-bond acceptors (Lipinski definition) is 3. The molecule has 0 fully saturated rings. The van der Waals surface area contributed by atoms with E-state index in [1.54, 1.807) is 45.0 Å². The second-order valence-corrected chi connectivity index (χ2v) is 5.84. The van der Waals surface area contributed by atoms with Crippen LogP contribution >= 0.6 is 11.6 Å². The van der Waals surface area contributed by atoms with Crippen LogP contribution in [-0.2, 0) is 4.74 Å². The normalized spacial score (nSPS) is 11.0. The van der Waals surface area contributed by atoms with Gasteiger partial charge in [0, 0.05) is 18.5 Å². The molecule has 0 radical (unpaired) electrons. The van der Waals surface area contributed by atoms with Crippen LogP contribution in [0.2, 0.25) is 5.02 Å². The van der Waals surface area contributed by atoms with Crippen molar-refractivity contribution in [3.63, 3.8) is 0 Å². The van der Waals surface area contributed by atoms with Crippen LogP contribution < -0.4 is 5.32 Å². The summed E-state index contributed by atoms with van der Waals surface area (Å²) in [4.78, 5) is 23.3. The number of carbonyl (C=O) groups excluding carboxylic acids is 2. The van der Waals surface area contributed by atoms with Crippen LogP contribution in [0.4, 0.5) is 4.79 Å². The second kappa shape index (κ2) is 7.29. The summed E-state index contributed by atoms with van der Waals surface area (Å²) in [7, 11) is 0. The van der Waals surface area contributed by atoms with E-state index in [1.807, 2.05) is 0 Å². The summed E-state index contributed by atoms with van der Waals surface area (Å²) in [6.45, 7) is 5.79. The number of halogens is 1. The van der Waals surface area contributed by atoms with Gasteiger partial charge in [0.15, 0.2) is 5.78 Å². The van der Waals surface area contributed by atoms with Crippen LogP contribution in [0.3, 0.4) is 0 Å². The molecule has 0 saturated carbocycles. The maximum Gasteiger partial charge on any atom is 0.407 e. The summed E-state index contributed by atoms with van der Waals surface area (Å²) in [6.07, 6.45) is 0.408. The Bertz CT molecular complexity index is 480. The minimum atomic E-state index is -0.516. The minimum Gasteiger partial charge on any atom is -0.444 e. The Kier molecular flexibility index (Phi) is 6.02. The lowest BCUT2D eigenvalue weighted by Crippen LogP contribution is -2.33.